The quantitative estimate of drug-likeness (QED) is 0.309. The summed E-state index contributed by atoms with van der Waals surface area (Å²) in [5.41, 5.74) is 3.31. The Morgan fingerprint density at radius 2 is 1.79 bits per heavy atom. The van der Waals surface area contributed by atoms with Crippen LogP contribution in [-0.4, -0.2) is 49.3 Å². The third kappa shape index (κ3) is 7.86. The molecule has 0 unspecified atom stereocenters. The molecule has 1 atom stereocenters. The first kappa shape index (κ1) is 26.9. The number of rotatable bonds is 16. The number of unbranched alkanes of at least 4 members (excludes halogenated alkanes) is 3. The van der Waals surface area contributed by atoms with E-state index in [1.54, 1.807) is 27.4 Å². The van der Waals surface area contributed by atoms with Gasteiger partial charge in [-0.1, -0.05) is 39.5 Å². The van der Waals surface area contributed by atoms with E-state index in [1.807, 2.05) is 12.1 Å². The molecule has 2 rings (SSSR count). The summed E-state index contributed by atoms with van der Waals surface area (Å²) < 4.78 is 16.1. The van der Waals surface area contributed by atoms with Gasteiger partial charge in [0.1, 0.15) is 17.2 Å². The number of aromatic nitrogens is 2. The Bertz CT molecular complexity index is 845. The van der Waals surface area contributed by atoms with Crippen LogP contribution in [-0.2, 0) is 22.5 Å². The third-order valence-electron chi connectivity index (χ3n) is 5.95. The lowest BCUT2D eigenvalue weighted by molar-refractivity contribution is 0.182. The lowest BCUT2D eigenvalue weighted by Gasteiger charge is -2.22. The van der Waals surface area contributed by atoms with Crippen molar-refractivity contribution in [2.75, 3.05) is 33.3 Å². The van der Waals surface area contributed by atoms with Gasteiger partial charge in [0, 0.05) is 44.1 Å². The Morgan fingerprint density at radius 3 is 2.42 bits per heavy atom. The fraction of sp³-hybridized carbons (Fsp3) is 0.615. The average Bonchev–Trinajstić information content (AvgIpc) is 2.83. The Kier molecular flexibility index (Phi) is 12.0. The summed E-state index contributed by atoms with van der Waals surface area (Å²) >= 11 is 0. The van der Waals surface area contributed by atoms with Crippen molar-refractivity contribution in [1.82, 2.24) is 10.2 Å². The van der Waals surface area contributed by atoms with Crippen LogP contribution in [0, 0.1) is 0 Å². The number of nitrogens with zero attached hydrogens (tertiary/aromatic N) is 2. The maximum atomic E-state index is 10.7. The summed E-state index contributed by atoms with van der Waals surface area (Å²) in [5.74, 6) is 1.47. The molecule has 0 aliphatic carbocycles. The summed E-state index contributed by atoms with van der Waals surface area (Å²) in [7, 11) is 4.97. The largest absolute Gasteiger partial charge is 0.507 e. The van der Waals surface area contributed by atoms with Crippen LogP contribution >= 0.6 is 0 Å². The number of hydrogen-bond donors (Lipinski definition) is 2. The van der Waals surface area contributed by atoms with Gasteiger partial charge >= 0.3 is 0 Å². The van der Waals surface area contributed by atoms with Gasteiger partial charge in [-0.25, -0.2) is 0 Å². The number of aromatic hydroxyl groups is 1. The molecule has 7 heteroatoms. The van der Waals surface area contributed by atoms with Gasteiger partial charge in [0.2, 0.25) is 0 Å². The molecule has 0 fully saturated rings. The van der Waals surface area contributed by atoms with Crippen LogP contribution in [0.4, 0.5) is 5.82 Å². The predicted molar refractivity (Wildman–Crippen MR) is 133 cm³/mol. The van der Waals surface area contributed by atoms with Crippen LogP contribution in [0.5, 0.6) is 11.5 Å². The van der Waals surface area contributed by atoms with Crippen molar-refractivity contribution >= 4 is 5.82 Å². The fourth-order valence-corrected chi connectivity index (χ4v) is 4.03. The number of benzene rings is 1. The molecule has 2 N–H and O–H groups in total. The van der Waals surface area contributed by atoms with E-state index in [9.17, 15) is 5.11 Å². The second-order valence-electron chi connectivity index (χ2n) is 8.37. The molecule has 0 saturated carbocycles. The van der Waals surface area contributed by atoms with Crippen LogP contribution in [0.15, 0.2) is 18.2 Å². The highest BCUT2D eigenvalue weighted by Crippen LogP contribution is 2.36. The first-order chi connectivity index (χ1) is 16.1. The topological polar surface area (TPSA) is 85.7 Å². The highest BCUT2D eigenvalue weighted by atomic mass is 16.5. The molecule has 0 aliphatic rings. The summed E-state index contributed by atoms with van der Waals surface area (Å²) in [6, 6.07) is 5.58. The van der Waals surface area contributed by atoms with E-state index in [-0.39, 0.29) is 5.75 Å². The summed E-state index contributed by atoms with van der Waals surface area (Å²) in [4.78, 5) is 0. The molecule has 0 amide bonds. The molecule has 1 heterocycles. The van der Waals surface area contributed by atoms with Gasteiger partial charge in [0.05, 0.1) is 13.7 Å². The molecule has 2 aromatic rings. The molecular formula is C26H41N3O4. The molecule has 1 aromatic carbocycles. The van der Waals surface area contributed by atoms with E-state index in [4.69, 9.17) is 14.2 Å². The van der Waals surface area contributed by atoms with E-state index in [1.165, 1.54) is 25.7 Å². The summed E-state index contributed by atoms with van der Waals surface area (Å²) in [5, 5.41) is 23.4. The number of nitrogens with one attached hydrogen (secondary N) is 1. The van der Waals surface area contributed by atoms with Crippen LogP contribution in [0.25, 0.3) is 11.3 Å². The van der Waals surface area contributed by atoms with Gasteiger partial charge in [0.25, 0.3) is 0 Å². The number of phenolic OH excluding ortho intramolecular Hbond substituents is 1. The van der Waals surface area contributed by atoms with Crippen molar-refractivity contribution in [3.8, 4) is 22.8 Å². The SMILES string of the molecule is CCCCCC[C@H](CC)Nc1nnc(-c2ccc(OC)cc2O)c(CCCOC)c1COC. The minimum Gasteiger partial charge on any atom is -0.507 e. The highest BCUT2D eigenvalue weighted by molar-refractivity contribution is 5.73. The Balaban J connectivity index is 2.44. The van der Waals surface area contributed by atoms with Gasteiger partial charge in [-0.2, -0.15) is 0 Å². The number of hydrogen-bond acceptors (Lipinski definition) is 7. The molecule has 0 bridgehead atoms. The number of phenols is 1. The first-order valence-electron chi connectivity index (χ1n) is 12.1. The van der Waals surface area contributed by atoms with Crippen molar-refractivity contribution in [1.29, 1.82) is 0 Å². The van der Waals surface area contributed by atoms with Crippen LogP contribution in [0.3, 0.4) is 0 Å². The van der Waals surface area contributed by atoms with Crippen LogP contribution in [0.2, 0.25) is 0 Å². The van der Waals surface area contributed by atoms with Crippen molar-refractivity contribution in [2.45, 2.75) is 77.9 Å². The van der Waals surface area contributed by atoms with Crippen LogP contribution in [0.1, 0.15) is 69.9 Å². The molecule has 0 aliphatic heterocycles. The predicted octanol–water partition coefficient (Wildman–Crippen LogP) is 5.74. The minimum atomic E-state index is 0.114. The van der Waals surface area contributed by atoms with Crippen molar-refractivity contribution in [2.24, 2.45) is 0 Å². The zero-order chi connectivity index (χ0) is 24.1. The highest BCUT2D eigenvalue weighted by Gasteiger charge is 2.21. The molecule has 1 aromatic heterocycles. The molecular weight excluding hydrogens is 418 g/mol. The van der Waals surface area contributed by atoms with Crippen molar-refractivity contribution in [3.05, 3.63) is 29.3 Å². The lowest BCUT2D eigenvalue weighted by Crippen LogP contribution is -2.22. The zero-order valence-corrected chi connectivity index (χ0v) is 20.9. The first-order valence-corrected chi connectivity index (χ1v) is 12.1. The molecule has 0 spiro atoms. The van der Waals surface area contributed by atoms with Gasteiger partial charge in [-0.15, -0.1) is 10.2 Å². The van der Waals surface area contributed by atoms with Gasteiger partial charge < -0.3 is 24.6 Å². The van der Waals surface area contributed by atoms with Crippen molar-refractivity contribution < 1.29 is 19.3 Å². The second-order valence-corrected chi connectivity index (χ2v) is 8.37. The van der Waals surface area contributed by atoms with Gasteiger partial charge in [-0.3, -0.25) is 0 Å². The Hall–Kier alpha value is -2.38. The molecule has 184 valence electrons. The van der Waals surface area contributed by atoms with Gasteiger partial charge in [0.15, 0.2) is 5.82 Å². The van der Waals surface area contributed by atoms with Crippen molar-refractivity contribution in [3.63, 3.8) is 0 Å². The van der Waals surface area contributed by atoms with E-state index in [0.29, 0.717) is 36.3 Å². The maximum Gasteiger partial charge on any atom is 0.154 e. The molecule has 0 saturated heterocycles. The standard InChI is InChI=1S/C26H41N3O4/c1-6-8-9-10-12-19(7-2)27-26-23(18-32-4)21(13-11-16-31-3)25(28-29-26)22-15-14-20(33-5)17-24(22)30/h14-15,17,19,30H,6-13,16,18H2,1-5H3,(H,27,29)/t19-/m0/s1. The zero-order valence-electron chi connectivity index (χ0n) is 20.9. The second kappa shape index (κ2) is 14.7. The fourth-order valence-electron chi connectivity index (χ4n) is 4.03. The molecule has 0 radical (unpaired) electrons. The normalized spacial score (nSPS) is 12.0. The maximum absolute atomic E-state index is 10.7. The lowest BCUT2D eigenvalue weighted by atomic mass is 9.96. The summed E-state index contributed by atoms with van der Waals surface area (Å²) in [6.45, 7) is 5.48. The van der Waals surface area contributed by atoms with E-state index >= 15 is 0 Å². The number of anilines is 1. The monoisotopic (exact) mass is 459 g/mol. The minimum absolute atomic E-state index is 0.114. The summed E-state index contributed by atoms with van der Waals surface area (Å²) in [6.07, 6.45) is 8.65. The van der Waals surface area contributed by atoms with E-state index in [2.05, 4.69) is 29.4 Å². The molecule has 33 heavy (non-hydrogen) atoms. The number of ether oxygens (including phenoxy) is 3. The Labute approximate surface area is 198 Å². The van der Waals surface area contributed by atoms with Crippen LogP contribution < -0.4 is 10.1 Å². The smallest absolute Gasteiger partial charge is 0.154 e. The third-order valence-corrected chi connectivity index (χ3v) is 5.95. The molecule has 7 nitrogen and oxygen atoms in total. The van der Waals surface area contributed by atoms with Gasteiger partial charge in [-0.05, 0) is 43.4 Å². The Morgan fingerprint density at radius 1 is 0.970 bits per heavy atom. The van der Waals surface area contributed by atoms with E-state index < -0.39 is 0 Å². The number of methoxy groups -OCH3 is 3. The van der Waals surface area contributed by atoms with E-state index in [0.717, 1.165) is 42.6 Å². The average molecular weight is 460 g/mol.